The van der Waals surface area contributed by atoms with Crippen molar-refractivity contribution in [1.29, 1.82) is 0 Å². The Morgan fingerprint density at radius 1 is 1.38 bits per heavy atom. The fourth-order valence-electron chi connectivity index (χ4n) is 1.23. The maximum atomic E-state index is 6.10. The standard InChI is InChI=1S/C10H10ClN3OS/c1-12-10-14-13-9(16-10)7-5-6(15-2)3-4-8(7)11/h3-5H,1-2H3,(H,12,14). The van der Waals surface area contributed by atoms with Crippen molar-refractivity contribution in [3.63, 3.8) is 0 Å². The van der Waals surface area contributed by atoms with Crippen LogP contribution in [-0.4, -0.2) is 24.4 Å². The van der Waals surface area contributed by atoms with Gasteiger partial charge in [-0.15, -0.1) is 10.2 Å². The summed E-state index contributed by atoms with van der Waals surface area (Å²) in [5.41, 5.74) is 0.833. The largest absolute Gasteiger partial charge is 0.497 e. The molecule has 0 radical (unpaired) electrons. The van der Waals surface area contributed by atoms with Gasteiger partial charge in [-0.1, -0.05) is 22.9 Å². The first-order valence-corrected chi connectivity index (χ1v) is 5.79. The van der Waals surface area contributed by atoms with Gasteiger partial charge in [-0.05, 0) is 18.2 Å². The number of rotatable bonds is 3. The van der Waals surface area contributed by atoms with Gasteiger partial charge in [0.05, 0.1) is 12.1 Å². The van der Waals surface area contributed by atoms with Gasteiger partial charge < -0.3 is 10.1 Å². The van der Waals surface area contributed by atoms with Crippen molar-refractivity contribution in [2.75, 3.05) is 19.5 Å². The first kappa shape index (κ1) is 11.2. The van der Waals surface area contributed by atoms with E-state index in [2.05, 4.69) is 15.5 Å². The van der Waals surface area contributed by atoms with Crippen LogP contribution >= 0.6 is 22.9 Å². The topological polar surface area (TPSA) is 47.0 Å². The Morgan fingerprint density at radius 2 is 2.19 bits per heavy atom. The summed E-state index contributed by atoms with van der Waals surface area (Å²) < 4.78 is 5.15. The molecule has 1 heterocycles. The van der Waals surface area contributed by atoms with Crippen LogP contribution < -0.4 is 10.1 Å². The number of benzene rings is 1. The lowest BCUT2D eigenvalue weighted by Gasteiger charge is -2.03. The molecule has 1 N–H and O–H groups in total. The molecule has 1 aromatic carbocycles. The predicted molar refractivity (Wildman–Crippen MR) is 66.5 cm³/mol. The van der Waals surface area contributed by atoms with Gasteiger partial charge in [0.15, 0.2) is 5.01 Å². The molecule has 1 aromatic heterocycles. The fourth-order valence-corrected chi connectivity index (χ4v) is 2.22. The number of aromatic nitrogens is 2. The number of methoxy groups -OCH3 is 1. The van der Waals surface area contributed by atoms with Crippen LogP contribution in [0.5, 0.6) is 5.75 Å². The lowest BCUT2D eigenvalue weighted by molar-refractivity contribution is 0.415. The zero-order chi connectivity index (χ0) is 11.5. The first-order valence-electron chi connectivity index (χ1n) is 4.59. The fraction of sp³-hybridized carbons (Fsp3) is 0.200. The molecule has 0 aliphatic rings. The molecule has 4 nitrogen and oxygen atoms in total. The highest BCUT2D eigenvalue weighted by molar-refractivity contribution is 7.18. The molecule has 0 bridgehead atoms. The van der Waals surface area contributed by atoms with E-state index in [1.807, 2.05) is 12.1 Å². The summed E-state index contributed by atoms with van der Waals surface area (Å²) in [5.74, 6) is 0.751. The van der Waals surface area contributed by atoms with E-state index >= 15 is 0 Å². The van der Waals surface area contributed by atoms with Crippen molar-refractivity contribution in [1.82, 2.24) is 10.2 Å². The summed E-state index contributed by atoms with van der Waals surface area (Å²) in [6.07, 6.45) is 0. The van der Waals surface area contributed by atoms with E-state index in [1.54, 1.807) is 20.2 Å². The Labute approximate surface area is 102 Å². The molecule has 2 aromatic rings. The van der Waals surface area contributed by atoms with E-state index in [9.17, 15) is 0 Å². The van der Waals surface area contributed by atoms with E-state index in [0.717, 1.165) is 21.5 Å². The molecule has 2 rings (SSSR count). The molecule has 0 fully saturated rings. The number of nitrogens with one attached hydrogen (secondary N) is 1. The van der Waals surface area contributed by atoms with Gasteiger partial charge in [-0.25, -0.2) is 0 Å². The van der Waals surface area contributed by atoms with Crippen molar-refractivity contribution in [3.05, 3.63) is 23.2 Å². The number of hydrogen-bond donors (Lipinski definition) is 1. The molecule has 0 amide bonds. The Kier molecular flexibility index (Phi) is 3.26. The van der Waals surface area contributed by atoms with Gasteiger partial charge in [0.2, 0.25) is 5.13 Å². The second kappa shape index (κ2) is 4.67. The number of anilines is 1. The zero-order valence-corrected chi connectivity index (χ0v) is 10.4. The Hall–Kier alpha value is -1.33. The van der Waals surface area contributed by atoms with Crippen LogP contribution in [0.25, 0.3) is 10.6 Å². The number of ether oxygens (including phenoxy) is 1. The van der Waals surface area contributed by atoms with E-state index in [0.29, 0.717) is 5.02 Å². The maximum absolute atomic E-state index is 6.10. The lowest BCUT2D eigenvalue weighted by Crippen LogP contribution is -1.85. The monoisotopic (exact) mass is 255 g/mol. The molecule has 6 heteroatoms. The molecular formula is C10H10ClN3OS. The van der Waals surface area contributed by atoms with Gasteiger partial charge >= 0.3 is 0 Å². The zero-order valence-electron chi connectivity index (χ0n) is 8.82. The molecule has 0 saturated heterocycles. The van der Waals surface area contributed by atoms with E-state index in [4.69, 9.17) is 16.3 Å². The van der Waals surface area contributed by atoms with Crippen molar-refractivity contribution in [2.24, 2.45) is 0 Å². The summed E-state index contributed by atoms with van der Waals surface area (Å²) in [5, 5.41) is 13.1. The van der Waals surface area contributed by atoms with Crippen molar-refractivity contribution in [3.8, 4) is 16.3 Å². The second-order valence-corrected chi connectivity index (χ2v) is 4.39. The maximum Gasteiger partial charge on any atom is 0.205 e. The average molecular weight is 256 g/mol. The summed E-state index contributed by atoms with van der Waals surface area (Å²) >= 11 is 7.55. The minimum atomic E-state index is 0.639. The van der Waals surface area contributed by atoms with Crippen molar-refractivity contribution in [2.45, 2.75) is 0 Å². The SMILES string of the molecule is CNc1nnc(-c2cc(OC)ccc2Cl)s1. The highest BCUT2D eigenvalue weighted by Crippen LogP contribution is 2.34. The van der Waals surface area contributed by atoms with Crippen LogP contribution in [0.4, 0.5) is 5.13 Å². The molecule has 0 aliphatic heterocycles. The second-order valence-electron chi connectivity index (χ2n) is 3.01. The number of halogens is 1. The van der Waals surface area contributed by atoms with Gasteiger partial charge in [0, 0.05) is 12.6 Å². The van der Waals surface area contributed by atoms with Gasteiger partial charge in [0.25, 0.3) is 0 Å². The molecule has 0 aliphatic carbocycles. The van der Waals surface area contributed by atoms with E-state index in [-0.39, 0.29) is 0 Å². The van der Waals surface area contributed by atoms with Crippen molar-refractivity contribution >= 4 is 28.1 Å². The summed E-state index contributed by atoms with van der Waals surface area (Å²) in [6, 6.07) is 5.45. The molecule has 0 atom stereocenters. The van der Waals surface area contributed by atoms with Crippen LogP contribution in [0.3, 0.4) is 0 Å². The highest BCUT2D eigenvalue weighted by atomic mass is 35.5. The van der Waals surface area contributed by atoms with Crippen LogP contribution in [0, 0.1) is 0 Å². The smallest absolute Gasteiger partial charge is 0.205 e. The molecule has 0 spiro atoms. The Morgan fingerprint density at radius 3 is 2.81 bits per heavy atom. The highest BCUT2D eigenvalue weighted by Gasteiger charge is 2.10. The Bertz CT molecular complexity index is 501. The van der Waals surface area contributed by atoms with Crippen LogP contribution in [0.1, 0.15) is 0 Å². The van der Waals surface area contributed by atoms with Gasteiger partial charge in [-0.3, -0.25) is 0 Å². The van der Waals surface area contributed by atoms with Crippen molar-refractivity contribution < 1.29 is 4.74 Å². The molecule has 0 saturated carbocycles. The Balaban J connectivity index is 2.45. The van der Waals surface area contributed by atoms with E-state index in [1.165, 1.54) is 11.3 Å². The molecule has 0 unspecified atom stereocenters. The van der Waals surface area contributed by atoms with Gasteiger partial charge in [0.1, 0.15) is 5.75 Å². The quantitative estimate of drug-likeness (QED) is 0.916. The third-order valence-corrected chi connectivity index (χ3v) is 3.35. The molecule has 16 heavy (non-hydrogen) atoms. The summed E-state index contributed by atoms with van der Waals surface area (Å²) in [7, 11) is 3.42. The average Bonchev–Trinajstić information content (AvgIpc) is 2.78. The van der Waals surface area contributed by atoms with Crippen LogP contribution in [-0.2, 0) is 0 Å². The van der Waals surface area contributed by atoms with Gasteiger partial charge in [-0.2, -0.15) is 0 Å². The minimum Gasteiger partial charge on any atom is -0.497 e. The summed E-state index contributed by atoms with van der Waals surface area (Å²) in [4.78, 5) is 0. The van der Waals surface area contributed by atoms with Crippen LogP contribution in [0.2, 0.25) is 5.02 Å². The normalized spacial score (nSPS) is 10.2. The number of nitrogens with zero attached hydrogens (tertiary/aromatic N) is 2. The third-order valence-electron chi connectivity index (χ3n) is 2.04. The lowest BCUT2D eigenvalue weighted by atomic mass is 10.2. The predicted octanol–water partition coefficient (Wildman–Crippen LogP) is 2.91. The molecule has 84 valence electrons. The molecular weight excluding hydrogens is 246 g/mol. The first-order chi connectivity index (χ1) is 7.74. The number of hydrogen-bond acceptors (Lipinski definition) is 5. The summed E-state index contributed by atoms with van der Waals surface area (Å²) in [6.45, 7) is 0. The minimum absolute atomic E-state index is 0.639. The third kappa shape index (κ3) is 2.10. The van der Waals surface area contributed by atoms with Crippen LogP contribution in [0.15, 0.2) is 18.2 Å². The van der Waals surface area contributed by atoms with E-state index < -0.39 is 0 Å².